The third-order valence-corrected chi connectivity index (χ3v) is 4.57. The maximum atomic E-state index is 13.8. The number of aromatic nitrogens is 3. The SMILES string of the molecule is Cn1ccnc1[C@H](NC(=O)c1cc(=O)[nH]c2ccccc12)c1cccc(F)c1. The Labute approximate surface area is 159 Å². The molecule has 7 heteroatoms. The molecular formula is C21H17FN4O2. The van der Waals surface area contributed by atoms with Gasteiger partial charge in [0.15, 0.2) is 0 Å². The van der Waals surface area contributed by atoms with Crippen LogP contribution in [0.4, 0.5) is 4.39 Å². The van der Waals surface area contributed by atoms with E-state index >= 15 is 0 Å². The van der Waals surface area contributed by atoms with Crippen LogP contribution < -0.4 is 10.9 Å². The number of imidazole rings is 1. The van der Waals surface area contributed by atoms with Gasteiger partial charge in [0.2, 0.25) is 5.56 Å². The third-order valence-electron chi connectivity index (χ3n) is 4.57. The number of H-pyrrole nitrogens is 1. The number of rotatable bonds is 4. The number of carbonyl (C=O) groups is 1. The fraction of sp³-hybridized carbons (Fsp3) is 0.0952. The van der Waals surface area contributed by atoms with Crippen LogP contribution in [0.15, 0.2) is 71.8 Å². The van der Waals surface area contributed by atoms with Crippen LogP contribution in [0.1, 0.15) is 27.8 Å². The molecule has 0 radical (unpaired) electrons. The van der Waals surface area contributed by atoms with Crippen LogP contribution in [0.5, 0.6) is 0 Å². The van der Waals surface area contributed by atoms with E-state index in [4.69, 9.17) is 0 Å². The van der Waals surface area contributed by atoms with E-state index in [1.54, 1.807) is 60.4 Å². The molecule has 0 bridgehead atoms. The normalized spacial score (nSPS) is 12.1. The number of aromatic amines is 1. The molecule has 140 valence electrons. The van der Waals surface area contributed by atoms with E-state index < -0.39 is 17.8 Å². The number of carbonyl (C=O) groups excluding carboxylic acids is 1. The number of benzene rings is 2. The number of hydrogen-bond acceptors (Lipinski definition) is 3. The minimum absolute atomic E-state index is 0.245. The zero-order chi connectivity index (χ0) is 19.7. The third kappa shape index (κ3) is 3.29. The van der Waals surface area contributed by atoms with E-state index in [0.29, 0.717) is 22.3 Å². The van der Waals surface area contributed by atoms with Crippen LogP contribution >= 0.6 is 0 Å². The Morgan fingerprint density at radius 1 is 1.18 bits per heavy atom. The smallest absolute Gasteiger partial charge is 0.253 e. The summed E-state index contributed by atoms with van der Waals surface area (Å²) in [5.41, 5.74) is 0.995. The largest absolute Gasteiger partial charge is 0.338 e. The van der Waals surface area contributed by atoms with Gasteiger partial charge >= 0.3 is 0 Å². The van der Waals surface area contributed by atoms with E-state index in [1.165, 1.54) is 18.2 Å². The molecular weight excluding hydrogens is 359 g/mol. The summed E-state index contributed by atoms with van der Waals surface area (Å²) < 4.78 is 15.6. The van der Waals surface area contributed by atoms with Crippen LogP contribution in [-0.2, 0) is 7.05 Å². The second kappa shape index (κ2) is 7.11. The summed E-state index contributed by atoms with van der Waals surface area (Å²) >= 11 is 0. The Hall–Kier alpha value is -3.74. The van der Waals surface area contributed by atoms with E-state index in [2.05, 4.69) is 15.3 Å². The predicted molar refractivity (Wildman–Crippen MR) is 103 cm³/mol. The van der Waals surface area contributed by atoms with Gasteiger partial charge in [-0.25, -0.2) is 9.37 Å². The van der Waals surface area contributed by atoms with Gasteiger partial charge in [0.25, 0.3) is 5.91 Å². The van der Waals surface area contributed by atoms with Gasteiger partial charge in [-0.2, -0.15) is 0 Å². The van der Waals surface area contributed by atoms with Crippen LogP contribution in [0, 0.1) is 5.82 Å². The molecule has 0 saturated heterocycles. The van der Waals surface area contributed by atoms with Crippen LogP contribution in [-0.4, -0.2) is 20.4 Å². The highest BCUT2D eigenvalue weighted by molar-refractivity contribution is 6.06. The Morgan fingerprint density at radius 3 is 2.75 bits per heavy atom. The number of halogens is 1. The Balaban J connectivity index is 1.79. The topological polar surface area (TPSA) is 79.8 Å². The first kappa shape index (κ1) is 17.7. The first-order valence-corrected chi connectivity index (χ1v) is 8.68. The summed E-state index contributed by atoms with van der Waals surface area (Å²) in [6.45, 7) is 0. The van der Waals surface area contributed by atoms with Crippen molar-refractivity contribution in [2.45, 2.75) is 6.04 Å². The van der Waals surface area contributed by atoms with Crippen molar-refractivity contribution in [1.82, 2.24) is 19.9 Å². The maximum Gasteiger partial charge on any atom is 0.253 e. The molecule has 0 aliphatic carbocycles. The van der Waals surface area contributed by atoms with Gasteiger partial charge in [-0.05, 0) is 23.8 Å². The number of nitrogens with zero attached hydrogens (tertiary/aromatic N) is 2. The first-order chi connectivity index (χ1) is 13.5. The van der Waals surface area contributed by atoms with E-state index in [0.717, 1.165) is 0 Å². The van der Waals surface area contributed by atoms with Crippen LogP contribution in [0.2, 0.25) is 0 Å². The molecule has 0 spiro atoms. The molecule has 0 aliphatic heterocycles. The van der Waals surface area contributed by atoms with Gasteiger partial charge in [0, 0.05) is 36.4 Å². The minimum atomic E-state index is -0.679. The van der Waals surface area contributed by atoms with E-state index in [1.807, 2.05) is 0 Å². The standard InChI is InChI=1S/C21H17FN4O2/c1-26-10-9-23-20(26)19(13-5-4-6-14(22)11-13)25-21(28)16-12-18(27)24-17-8-3-2-7-15(16)17/h2-12,19H,1H3,(H,24,27)(H,25,28)/t19-/m1/s1. The number of amides is 1. The van der Waals surface area contributed by atoms with Gasteiger partial charge in [0.1, 0.15) is 17.7 Å². The molecule has 0 fully saturated rings. The molecule has 0 aliphatic rings. The van der Waals surface area contributed by atoms with Crippen molar-refractivity contribution in [2.24, 2.45) is 7.05 Å². The summed E-state index contributed by atoms with van der Waals surface area (Å²) in [6.07, 6.45) is 3.35. The van der Waals surface area contributed by atoms with E-state index in [-0.39, 0.29) is 11.1 Å². The molecule has 2 heterocycles. The monoisotopic (exact) mass is 376 g/mol. The minimum Gasteiger partial charge on any atom is -0.338 e. The Kier molecular flexibility index (Phi) is 4.49. The van der Waals surface area contributed by atoms with Crippen molar-refractivity contribution in [1.29, 1.82) is 0 Å². The van der Waals surface area contributed by atoms with Crippen molar-refractivity contribution in [3.63, 3.8) is 0 Å². The van der Waals surface area contributed by atoms with Crippen molar-refractivity contribution in [2.75, 3.05) is 0 Å². The van der Waals surface area contributed by atoms with Gasteiger partial charge in [-0.3, -0.25) is 9.59 Å². The fourth-order valence-electron chi connectivity index (χ4n) is 3.24. The summed E-state index contributed by atoms with van der Waals surface area (Å²) in [5.74, 6) is -0.305. The number of aryl methyl sites for hydroxylation is 1. The molecule has 28 heavy (non-hydrogen) atoms. The lowest BCUT2D eigenvalue weighted by Crippen LogP contribution is -2.32. The van der Waals surface area contributed by atoms with Gasteiger partial charge < -0.3 is 14.9 Å². The number of nitrogens with one attached hydrogen (secondary N) is 2. The van der Waals surface area contributed by atoms with Crippen molar-refractivity contribution < 1.29 is 9.18 Å². The molecule has 4 aromatic rings. The second-order valence-electron chi connectivity index (χ2n) is 6.45. The Bertz CT molecular complexity index is 1230. The average molecular weight is 376 g/mol. The molecule has 0 unspecified atom stereocenters. The summed E-state index contributed by atoms with van der Waals surface area (Å²) in [4.78, 5) is 32.1. The molecule has 2 aromatic carbocycles. The van der Waals surface area contributed by atoms with Crippen molar-refractivity contribution in [3.8, 4) is 0 Å². The zero-order valence-corrected chi connectivity index (χ0v) is 15.0. The highest BCUT2D eigenvalue weighted by Crippen LogP contribution is 2.23. The summed E-state index contributed by atoms with van der Waals surface area (Å²) in [7, 11) is 1.80. The first-order valence-electron chi connectivity index (χ1n) is 8.68. The molecule has 1 amide bonds. The fourth-order valence-corrected chi connectivity index (χ4v) is 3.24. The predicted octanol–water partition coefficient (Wildman–Crippen LogP) is 2.92. The Morgan fingerprint density at radius 2 is 2.00 bits per heavy atom. The molecule has 0 saturated carbocycles. The lowest BCUT2D eigenvalue weighted by Gasteiger charge is -2.19. The second-order valence-corrected chi connectivity index (χ2v) is 6.45. The molecule has 4 rings (SSSR count). The quantitative estimate of drug-likeness (QED) is 0.575. The number of hydrogen-bond donors (Lipinski definition) is 2. The van der Waals surface area contributed by atoms with Crippen molar-refractivity contribution >= 4 is 16.8 Å². The van der Waals surface area contributed by atoms with Crippen LogP contribution in [0.25, 0.3) is 10.9 Å². The molecule has 6 nitrogen and oxygen atoms in total. The lowest BCUT2D eigenvalue weighted by molar-refractivity contribution is 0.0942. The lowest BCUT2D eigenvalue weighted by atomic mass is 10.0. The zero-order valence-electron chi connectivity index (χ0n) is 15.0. The van der Waals surface area contributed by atoms with Gasteiger partial charge in [0.05, 0.1) is 5.56 Å². The van der Waals surface area contributed by atoms with Crippen molar-refractivity contribution in [3.05, 3.63) is 100 Å². The number of fused-ring (bicyclic) bond motifs is 1. The number of pyridine rings is 1. The van der Waals surface area contributed by atoms with E-state index in [9.17, 15) is 14.0 Å². The maximum absolute atomic E-state index is 13.8. The number of para-hydroxylation sites is 1. The summed E-state index contributed by atoms with van der Waals surface area (Å²) in [6, 6.07) is 13.6. The van der Waals surface area contributed by atoms with Gasteiger partial charge in [-0.1, -0.05) is 30.3 Å². The highest BCUT2D eigenvalue weighted by Gasteiger charge is 2.23. The van der Waals surface area contributed by atoms with Gasteiger partial charge in [-0.15, -0.1) is 0 Å². The van der Waals surface area contributed by atoms with Crippen LogP contribution in [0.3, 0.4) is 0 Å². The highest BCUT2D eigenvalue weighted by atomic mass is 19.1. The molecule has 2 N–H and O–H groups in total. The average Bonchev–Trinajstić information content (AvgIpc) is 3.10. The molecule has 2 aromatic heterocycles. The summed E-state index contributed by atoms with van der Waals surface area (Å²) in [5, 5.41) is 3.52. The molecule has 1 atom stereocenters.